The smallest absolute Gasteiger partial charge is 0.243 e. The quantitative estimate of drug-likeness (QED) is 0.761. The van der Waals surface area contributed by atoms with E-state index in [0.717, 1.165) is 19.3 Å². The van der Waals surface area contributed by atoms with Crippen molar-refractivity contribution < 1.29 is 13.5 Å². The predicted octanol–water partition coefficient (Wildman–Crippen LogP) is 0.856. The van der Waals surface area contributed by atoms with Crippen molar-refractivity contribution in [1.29, 1.82) is 0 Å². The summed E-state index contributed by atoms with van der Waals surface area (Å²) >= 11 is 4.88. The van der Waals surface area contributed by atoms with Crippen molar-refractivity contribution in [3.05, 3.63) is 29.8 Å². The highest BCUT2D eigenvalue weighted by Crippen LogP contribution is 2.29. The lowest BCUT2D eigenvalue weighted by Crippen LogP contribution is -2.45. The maximum absolute atomic E-state index is 12.7. The summed E-state index contributed by atoms with van der Waals surface area (Å²) in [5, 5.41) is 9.11. The Balaban J connectivity index is 2.36. The molecule has 0 saturated heterocycles. The highest BCUT2D eigenvalue weighted by Gasteiger charge is 2.34. The summed E-state index contributed by atoms with van der Waals surface area (Å²) in [4.78, 5) is 0.336. The Kier molecular flexibility index (Phi) is 4.74. The second-order valence-corrected chi connectivity index (χ2v) is 7.15. The van der Waals surface area contributed by atoms with Crippen molar-refractivity contribution in [1.82, 2.24) is 4.31 Å². The molecule has 1 aliphatic rings. The molecule has 3 N–H and O–H groups in total. The molecule has 0 radical (unpaired) electrons. The summed E-state index contributed by atoms with van der Waals surface area (Å²) in [5.41, 5.74) is 6.07. The maximum atomic E-state index is 12.7. The molecule has 110 valence electrons. The van der Waals surface area contributed by atoms with Gasteiger partial charge in [-0.2, -0.15) is 4.31 Å². The summed E-state index contributed by atoms with van der Waals surface area (Å²) in [6.07, 6.45) is 2.71. The van der Waals surface area contributed by atoms with Crippen LogP contribution in [0.3, 0.4) is 0 Å². The Bertz CT molecular complexity index is 597. The van der Waals surface area contributed by atoms with Gasteiger partial charge in [0.1, 0.15) is 4.99 Å². The number of sulfonamides is 1. The summed E-state index contributed by atoms with van der Waals surface area (Å²) in [5.74, 6) is 0. The molecule has 2 rings (SSSR count). The first-order valence-electron chi connectivity index (χ1n) is 6.49. The third-order valence-corrected chi connectivity index (χ3v) is 5.71. The monoisotopic (exact) mass is 314 g/mol. The second-order valence-electron chi connectivity index (χ2n) is 4.82. The molecule has 7 heteroatoms. The molecule has 0 spiro atoms. The molecule has 0 aliphatic heterocycles. The fourth-order valence-corrected chi connectivity index (χ4v) is 4.07. The third-order valence-electron chi connectivity index (χ3n) is 3.53. The zero-order chi connectivity index (χ0) is 14.8. The van der Waals surface area contributed by atoms with E-state index in [0.29, 0.717) is 5.56 Å². The molecule has 20 heavy (non-hydrogen) atoms. The number of hydrogen-bond acceptors (Lipinski definition) is 4. The molecule has 0 bridgehead atoms. The van der Waals surface area contributed by atoms with Gasteiger partial charge in [-0.05, 0) is 25.0 Å². The van der Waals surface area contributed by atoms with Gasteiger partial charge in [0.15, 0.2) is 0 Å². The van der Waals surface area contributed by atoms with Crippen LogP contribution < -0.4 is 5.73 Å². The van der Waals surface area contributed by atoms with Gasteiger partial charge in [0.25, 0.3) is 0 Å². The Morgan fingerprint density at radius 3 is 2.65 bits per heavy atom. The van der Waals surface area contributed by atoms with E-state index in [1.807, 2.05) is 0 Å². The lowest BCUT2D eigenvalue weighted by molar-refractivity contribution is 0.178. The Hall–Kier alpha value is -1.02. The summed E-state index contributed by atoms with van der Waals surface area (Å²) in [7, 11) is -3.62. The van der Waals surface area contributed by atoms with Crippen LogP contribution in [0.1, 0.15) is 24.8 Å². The zero-order valence-corrected chi connectivity index (χ0v) is 12.7. The first-order valence-corrected chi connectivity index (χ1v) is 8.34. The minimum absolute atomic E-state index is 0.0133. The molecule has 1 aromatic rings. The van der Waals surface area contributed by atoms with E-state index in [9.17, 15) is 8.42 Å². The minimum atomic E-state index is -3.62. The zero-order valence-electron chi connectivity index (χ0n) is 11.0. The van der Waals surface area contributed by atoms with Crippen LogP contribution in [-0.2, 0) is 10.0 Å². The molecule has 0 aromatic heterocycles. The largest absolute Gasteiger partial charge is 0.395 e. The number of nitrogens with two attached hydrogens (primary N) is 1. The van der Waals surface area contributed by atoms with E-state index in [-0.39, 0.29) is 29.1 Å². The lowest BCUT2D eigenvalue weighted by Gasteiger charge is -2.36. The molecule has 1 aromatic carbocycles. The molecule has 0 heterocycles. The van der Waals surface area contributed by atoms with Crippen LogP contribution in [0, 0.1) is 0 Å². The molecular formula is C13H18N2O3S2. The number of rotatable bonds is 6. The van der Waals surface area contributed by atoms with Gasteiger partial charge in [-0.15, -0.1) is 0 Å². The van der Waals surface area contributed by atoms with E-state index in [2.05, 4.69) is 0 Å². The minimum Gasteiger partial charge on any atom is -0.395 e. The van der Waals surface area contributed by atoms with Gasteiger partial charge in [0.05, 0.1) is 11.5 Å². The fourth-order valence-electron chi connectivity index (χ4n) is 2.22. The van der Waals surface area contributed by atoms with Crippen molar-refractivity contribution in [3.8, 4) is 0 Å². The van der Waals surface area contributed by atoms with Crippen LogP contribution in [-0.4, -0.2) is 42.0 Å². The van der Waals surface area contributed by atoms with Crippen molar-refractivity contribution in [2.24, 2.45) is 5.73 Å². The van der Waals surface area contributed by atoms with Gasteiger partial charge in [0, 0.05) is 18.2 Å². The van der Waals surface area contributed by atoms with Crippen LogP contribution in [0.25, 0.3) is 0 Å². The van der Waals surface area contributed by atoms with Gasteiger partial charge in [-0.1, -0.05) is 30.8 Å². The second kappa shape index (κ2) is 6.17. The van der Waals surface area contributed by atoms with Gasteiger partial charge < -0.3 is 10.8 Å². The van der Waals surface area contributed by atoms with Crippen LogP contribution in [0.15, 0.2) is 29.2 Å². The van der Waals surface area contributed by atoms with E-state index >= 15 is 0 Å². The molecule has 1 saturated carbocycles. The predicted molar refractivity (Wildman–Crippen MR) is 80.9 cm³/mol. The first kappa shape index (κ1) is 15.4. The highest BCUT2D eigenvalue weighted by atomic mass is 32.2. The van der Waals surface area contributed by atoms with Gasteiger partial charge in [-0.25, -0.2) is 8.42 Å². The van der Waals surface area contributed by atoms with Crippen LogP contribution in [0.5, 0.6) is 0 Å². The molecule has 0 atom stereocenters. The molecule has 1 fully saturated rings. The van der Waals surface area contributed by atoms with E-state index < -0.39 is 10.0 Å². The number of aliphatic hydroxyl groups is 1. The first-order chi connectivity index (χ1) is 9.46. The van der Waals surface area contributed by atoms with Crippen LogP contribution in [0.2, 0.25) is 0 Å². The van der Waals surface area contributed by atoms with Gasteiger partial charge in [-0.3, -0.25) is 0 Å². The number of hydrogen-bond donors (Lipinski definition) is 2. The number of nitrogens with zero attached hydrogens (tertiary/aromatic N) is 1. The number of aliphatic hydroxyl groups excluding tert-OH is 1. The molecule has 0 unspecified atom stereocenters. The average Bonchev–Trinajstić information content (AvgIpc) is 2.36. The molecule has 5 nitrogen and oxygen atoms in total. The van der Waals surface area contributed by atoms with Crippen LogP contribution >= 0.6 is 12.2 Å². The topological polar surface area (TPSA) is 83.6 Å². The molecular weight excluding hydrogens is 296 g/mol. The van der Waals surface area contributed by atoms with Gasteiger partial charge >= 0.3 is 0 Å². The number of thiocarbonyl (C=S) groups is 1. The molecule has 0 amide bonds. The SMILES string of the molecule is NC(=S)c1cccc(S(=O)(=O)N(CCO)C2CCC2)c1. The fraction of sp³-hybridized carbons (Fsp3) is 0.462. The maximum Gasteiger partial charge on any atom is 0.243 e. The van der Waals surface area contributed by atoms with E-state index in [1.165, 1.54) is 16.4 Å². The van der Waals surface area contributed by atoms with E-state index in [4.69, 9.17) is 23.1 Å². The summed E-state index contributed by atoms with van der Waals surface area (Å²) in [6.45, 7) is -0.0744. The average molecular weight is 314 g/mol. The van der Waals surface area contributed by atoms with Crippen LogP contribution in [0.4, 0.5) is 0 Å². The van der Waals surface area contributed by atoms with E-state index in [1.54, 1.807) is 12.1 Å². The summed E-state index contributed by atoms with van der Waals surface area (Å²) < 4.78 is 26.7. The van der Waals surface area contributed by atoms with Crippen molar-refractivity contribution in [2.45, 2.75) is 30.2 Å². The van der Waals surface area contributed by atoms with Crippen molar-refractivity contribution in [2.75, 3.05) is 13.2 Å². The Labute approximate surface area is 124 Å². The molecule has 1 aliphatic carbocycles. The lowest BCUT2D eigenvalue weighted by atomic mass is 9.93. The Morgan fingerprint density at radius 1 is 1.45 bits per heavy atom. The van der Waals surface area contributed by atoms with Gasteiger partial charge in [0.2, 0.25) is 10.0 Å². The standard InChI is InChI=1S/C13H18N2O3S2/c14-13(19)10-3-1-6-12(9-10)20(17,18)15(7-8-16)11-4-2-5-11/h1,3,6,9,11,16H,2,4-5,7-8H2,(H2,14,19). The Morgan fingerprint density at radius 2 is 2.15 bits per heavy atom. The summed E-state index contributed by atoms with van der Waals surface area (Å²) in [6, 6.07) is 6.31. The van der Waals surface area contributed by atoms with Crippen molar-refractivity contribution >= 4 is 27.2 Å². The number of benzene rings is 1. The normalized spacial score (nSPS) is 16.1. The third kappa shape index (κ3) is 3.01. The highest BCUT2D eigenvalue weighted by molar-refractivity contribution is 7.89. The van der Waals surface area contributed by atoms with Crippen molar-refractivity contribution in [3.63, 3.8) is 0 Å².